The Bertz CT molecular complexity index is 338. The van der Waals surface area contributed by atoms with E-state index in [-0.39, 0.29) is 50.7 Å². The van der Waals surface area contributed by atoms with Crippen molar-refractivity contribution in [1.82, 2.24) is 0 Å². The minimum absolute atomic E-state index is 0. The van der Waals surface area contributed by atoms with Gasteiger partial charge in [-0.15, -0.1) is 11.5 Å². The SMILES string of the molecule is C.C.CCCCCCCCCC(=O)OCC[S-].CCCCCCCCCC(=O)OCC[S-].[Sn+2]. The smallest absolute Gasteiger partial charge is 0.789 e. The number of rotatable bonds is 20. The van der Waals surface area contributed by atoms with Crippen molar-refractivity contribution in [3.8, 4) is 0 Å². The van der Waals surface area contributed by atoms with Gasteiger partial charge >= 0.3 is 35.8 Å². The van der Waals surface area contributed by atoms with Crippen LogP contribution in [-0.2, 0) is 44.3 Å². The zero-order valence-electron chi connectivity index (χ0n) is 20.1. The first kappa shape index (κ1) is 43.5. The fourth-order valence-electron chi connectivity index (χ4n) is 2.91. The Morgan fingerprint density at radius 3 is 1.09 bits per heavy atom. The van der Waals surface area contributed by atoms with Crippen LogP contribution in [0.25, 0.3) is 0 Å². The van der Waals surface area contributed by atoms with E-state index >= 15 is 0 Å². The van der Waals surface area contributed by atoms with Gasteiger partial charge in [-0.3, -0.25) is 9.59 Å². The molecular weight excluding hydrogens is 559 g/mol. The Hall–Kier alpha value is 0.439. The van der Waals surface area contributed by atoms with E-state index in [0.29, 0.717) is 37.6 Å². The first-order valence-corrected chi connectivity index (χ1v) is 13.2. The minimum atomic E-state index is -0.0894. The topological polar surface area (TPSA) is 52.6 Å². The van der Waals surface area contributed by atoms with Gasteiger partial charge in [-0.1, -0.05) is 106 Å². The van der Waals surface area contributed by atoms with Gasteiger partial charge in [-0.05, 0) is 12.8 Å². The normalized spacial score (nSPS) is 9.33. The maximum Gasteiger partial charge on any atom is 2.00 e. The van der Waals surface area contributed by atoms with Crippen LogP contribution in [0, 0.1) is 0 Å². The van der Waals surface area contributed by atoms with E-state index in [2.05, 4.69) is 39.1 Å². The molecule has 0 fully saturated rings. The molecule has 33 heavy (non-hydrogen) atoms. The molecule has 0 saturated carbocycles. The van der Waals surface area contributed by atoms with Gasteiger partial charge in [-0.2, -0.15) is 0 Å². The number of unbranched alkanes of at least 4 members (excludes halogenated alkanes) is 12. The Labute approximate surface area is 235 Å². The average molecular weight is 614 g/mol. The van der Waals surface area contributed by atoms with Crippen molar-refractivity contribution in [1.29, 1.82) is 0 Å². The van der Waals surface area contributed by atoms with Crippen LogP contribution in [0.1, 0.15) is 131 Å². The molecule has 2 radical (unpaired) electrons. The third kappa shape index (κ3) is 43.0. The summed E-state index contributed by atoms with van der Waals surface area (Å²) in [6.07, 6.45) is 18.3. The Morgan fingerprint density at radius 1 is 0.545 bits per heavy atom. The zero-order valence-corrected chi connectivity index (χ0v) is 24.6. The molecule has 0 atom stereocenters. The van der Waals surface area contributed by atoms with Crippen molar-refractivity contribution in [3.63, 3.8) is 0 Å². The molecule has 0 rings (SSSR count). The molecule has 0 aromatic rings. The summed E-state index contributed by atoms with van der Waals surface area (Å²) < 4.78 is 9.79. The molecular formula is C26H54O4S2Sn. The van der Waals surface area contributed by atoms with Crippen molar-refractivity contribution in [2.24, 2.45) is 0 Å². The van der Waals surface area contributed by atoms with Gasteiger partial charge in [0.2, 0.25) is 0 Å². The summed E-state index contributed by atoms with van der Waals surface area (Å²) in [4.78, 5) is 22.1. The second-order valence-corrected chi connectivity index (χ2v) is 8.41. The van der Waals surface area contributed by atoms with Gasteiger partial charge in [-0.25, -0.2) is 0 Å². The third-order valence-electron chi connectivity index (χ3n) is 4.66. The molecule has 0 amide bonds. The van der Waals surface area contributed by atoms with E-state index in [4.69, 9.17) is 9.47 Å². The monoisotopic (exact) mass is 614 g/mol. The maximum absolute atomic E-state index is 11.1. The van der Waals surface area contributed by atoms with Crippen molar-refractivity contribution in [3.05, 3.63) is 0 Å². The summed E-state index contributed by atoms with van der Waals surface area (Å²) in [7, 11) is 0. The van der Waals surface area contributed by atoms with Gasteiger partial charge in [0.1, 0.15) is 0 Å². The predicted molar refractivity (Wildman–Crippen MR) is 151 cm³/mol. The Morgan fingerprint density at radius 2 is 0.818 bits per heavy atom. The molecule has 0 saturated heterocycles. The van der Waals surface area contributed by atoms with Gasteiger partial charge in [0, 0.05) is 12.8 Å². The van der Waals surface area contributed by atoms with Crippen LogP contribution in [0.3, 0.4) is 0 Å². The molecule has 0 aliphatic carbocycles. The molecule has 0 aromatic carbocycles. The first-order valence-electron chi connectivity index (χ1n) is 12.1. The molecule has 0 spiro atoms. The van der Waals surface area contributed by atoms with Crippen molar-refractivity contribution < 1.29 is 19.1 Å². The molecule has 0 bridgehead atoms. The molecule has 4 nitrogen and oxygen atoms in total. The fraction of sp³-hybridized carbons (Fsp3) is 0.923. The minimum Gasteiger partial charge on any atom is -0.789 e. The van der Waals surface area contributed by atoms with Gasteiger partial charge in [0.15, 0.2) is 0 Å². The predicted octanol–water partition coefficient (Wildman–Crippen LogP) is 7.33. The van der Waals surface area contributed by atoms with E-state index in [9.17, 15) is 9.59 Å². The first-order chi connectivity index (χ1) is 14.6. The summed E-state index contributed by atoms with van der Waals surface area (Å²) in [6.45, 7) is 5.22. The quantitative estimate of drug-likeness (QED) is 0.0621. The van der Waals surface area contributed by atoms with Gasteiger partial charge in [0.05, 0.1) is 13.2 Å². The van der Waals surface area contributed by atoms with E-state index in [0.717, 1.165) is 25.7 Å². The van der Waals surface area contributed by atoms with Crippen LogP contribution >= 0.6 is 0 Å². The number of esters is 2. The standard InChI is InChI=1S/2C12H24O2S.2CH4.Sn/c2*1-2-3-4-5-6-7-8-9-12(13)14-10-11-15;;;/h2*15H,2-11H2,1H3;2*1H4;/q;;;;+2/p-2. The van der Waals surface area contributed by atoms with E-state index in [1.165, 1.54) is 64.2 Å². The molecule has 0 aliphatic rings. The largest absolute Gasteiger partial charge is 2.00 e. The van der Waals surface area contributed by atoms with Crippen molar-refractivity contribution in [2.75, 3.05) is 24.7 Å². The summed E-state index contributed by atoms with van der Waals surface area (Å²) in [5, 5.41) is 0. The van der Waals surface area contributed by atoms with Crippen LogP contribution in [-0.4, -0.2) is 60.6 Å². The second-order valence-electron chi connectivity index (χ2n) is 7.59. The van der Waals surface area contributed by atoms with Crippen molar-refractivity contribution in [2.45, 2.75) is 131 Å². The van der Waals surface area contributed by atoms with Crippen LogP contribution in [0.15, 0.2) is 0 Å². The summed E-state index contributed by atoms with van der Waals surface area (Å²) in [5.74, 6) is 0.827. The number of carbonyl (C=O) groups excluding carboxylic acids is 2. The Balaban J connectivity index is -0.000000145. The second kappa shape index (κ2) is 39.6. The van der Waals surface area contributed by atoms with Gasteiger partial charge < -0.3 is 34.7 Å². The summed E-state index contributed by atoms with van der Waals surface area (Å²) in [6, 6.07) is 0. The molecule has 7 heteroatoms. The van der Waals surface area contributed by atoms with Crippen LogP contribution in [0.5, 0.6) is 0 Å². The van der Waals surface area contributed by atoms with Gasteiger partial charge in [0.25, 0.3) is 0 Å². The summed E-state index contributed by atoms with van der Waals surface area (Å²) >= 11 is 9.38. The van der Waals surface area contributed by atoms with Crippen LogP contribution in [0.2, 0.25) is 0 Å². The number of ether oxygens (including phenoxy) is 2. The molecule has 0 N–H and O–H groups in total. The number of hydrogen-bond donors (Lipinski definition) is 0. The van der Waals surface area contributed by atoms with E-state index in [1.54, 1.807) is 0 Å². The zero-order chi connectivity index (χ0) is 22.7. The maximum atomic E-state index is 11.1. The number of carbonyl (C=O) groups is 2. The van der Waals surface area contributed by atoms with Crippen LogP contribution < -0.4 is 0 Å². The molecule has 0 aliphatic heterocycles. The molecule has 198 valence electrons. The fourth-order valence-corrected chi connectivity index (χ4v) is 3.07. The number of hydrogen-bond acceptors (Lipinski definition) is 6. The third-order valence-corrected chi connectivity index (χ3v) is 5.00. The summed E-state index contributed by atoms with van der Waals surface area (Å²) in [5.41, 5.74) is 0. The Kier molecular flexibility index (Phi) is 52.3. The average Bonchev–Trinajstić information content (AvgIpc) is 2.75. The van der Waals surface area contributed by atoms with E-state index in [1.807, 2.05) is 0 Å². The van der Waals surface area contributed by atoms with E-state index < -0.39 is 0 Å². The van der Waals surface area contributed by atoms with Crippen LogP contribution in [0.4, 0.5) is 0 Å². The molecule has 0 unspecified atom stereocenters. The molecule has 0 heterocycles. The molecule has 0 aromatic heterocycles. The van der Waals surface area contributed by atoms with Crippen molar-refractivity contribution >= 4 is 61.1 Å².